The molecule has 0 spiro atoms. The Bertz CT molecular complexity index is 950. The second kappa shape index (κ2) is 6.10. The second-order valence-corrected chi connectivity index (χ2v) is 8.04. The molecule has 0 unspecified atom stereocenters. The zero-order chi connectivity index (χ0) is 16.4. The van der Waals surface area contributed by atoms with Gasteiger partial charge in [-0.25, -0.2) is 13.4 Å². The SMILES string of the molecule is C[S@@](=O)c1[nH]c(-c2ccccc2)nc1S(=O)(=O)c1ccccc1. The largest absolute Gasteiger partial charge is 0.330 e. The van der Waals surface area contributed by atoms with Crippen LogP contribution in [0.5, 0.6) is 0 Å². The Hall–Kier alpha value is -2.25. The van der Waals surface area contributed by atoms with Crippen LogP contribution >= 0.6 is 0 Å². The van der Waals surface area contributed by atoms with Gasteiger partial charge in [0.15, 0.2) is 5.03 Å². The highest BCUT2D eigenvalue weighted by molar-refractivity contribution is 7.92. The molecule has 0 radical (unpaired) electrons. The van der Waals surface area contributed by atoms with Crippen molar-refractivity contribution in [2.45, 2.75) is 14.9 Å². The highest BCUT2D eigenvalue weighted by atomic mass is 32.2. The van der Waals surface area contributed by atoms with Gasteiger partial charge in [-0.2, -0.15) is 0 Å². The number of rotatable bonds is 4. The van der Waals surface area contributed by atoms with Crippen molar-refractivity contribution in [1.29, 1.82) is 0 Å². The number of aromatic nitrogens is 2. The van der Waals surface area contributed by atoms with Gasteiger partial charge in [0.25, 0.3) is 0 Å². The highest BCUT2D eigenvalue weighted by Crippen LogP contribution is 2.27. The van der Waals surface area contributed by atoms with Gasteiger partial charge < -0.3 is 4.98 Å². The molecule has 3 aromatic rings. The molecule has 0 aliphatic rings. The average molecular weight is 346 g/mol. The number of hydrogen-bond donors (Lipinski definition) is 1. The van der Waals surface area contributed by atoms with Gasteiger partial charge >= 0.3 is 0 Å². The van der Waals surface area contributed by atoms with Crippen LogP contribution < -0.4 is 0 Å². The zero-order valence-corrected chi connectivity index (χ0v) is 13.9. The lowest BCUT2D eigenvalue weighted by molar-refractivity contribution is 0.589. The maximum atomic E-state index is 12.8. The molecule has 118 valence electrons. The van der Waals surface area contributed by atoms with E-state index in [2.05, 4.69) is 9.97 Å². The van der Waals surface area contributed by atoms with Gasteiger partial charge in [-0.3, -0.25) is 4.21 Å². The van der Waals surface area contributed by atoms with E-state index in [0.29, 0.717) is 5.82 Å². The van der Waals surface area contributed by atoms with Crippen LogP contribution in [0.4, 0.5) is 0 Å². The minimum Gasteiger partial charge on any atom is -0.330 e. The molecule has 7 heteroatoms. The first-order valence-corrected chi connectivity index (χ1v) is 9.83. The summed E-state index contributed by atoms with van der Waals surface area (Å²) in [6.45, 7) is 0. The first-order chi connectivity index (χ1) is 11.0. The molecule has 1 N–H and O–H groups in total. The third-order valence-corrected chi connectivity index (χ3v) is 5.98. The standard InChI is InChI=1S/C16H14N2O3S2/c1-22(19)15-16(23(20,21)13-10-6-3-7-11-13)18-14(17-15)12-8-4-2-5-9-12/h2-11H,1H3,(H,17,18)/t22-/m1/s1. The van der Waals surface area contributed by atoms with Gasteiger partial charge in [-0.15, -0.1) is 0 Å². The van der Waals surface area contributed by atoms with Crippen molar-refractivity contribution in [3.05, 3.63) is 60.7 Å². The maximum Gasteiger partial charge on any atom is 0.226 e. The van der Waals surface area contributed by atoms with Crippen LogP contribution in [0, 0.1) is 0 Å². The third-order valence-electron chi connectivity index (χ3n) is 3.28. The minimum absolute atomic E-state index is 0.104. The molecule has 5 nitrogen and oxygen atoms in total. The Morgan fingerprint density at radius 3 is 2.09 bits per heavy atom. The van der Waals surface area contributed by atoms with Crippen molar-refractivity contribution < 1.29 is 12.6 Å². The molecule has 0 aliphatic heterocycles. The Labute approximate surface area is 136 Å². The van der Waals surface area contributed by atoms with Crippen molar-refractivity contribution in [1.82, 2.24) is 9.97 Å². The van der Waals surface area contributed by atoms with E-state index in [9.17, 15) is 12.6 Å². The zero-order valence-electron chi connectivity index (χ0n) is 12.3. The van der Waals surface area contributed by atoms with E-state index in [1.807, 2.05) is 18.2 Å². The Morgan fingerprint density at radius 1 is 0.957 bits per heavy atom. The first-order valence-electron chi connectivity index (χ1n) is 6.79. The van der Waals surface area contributed by atoms with Gasteiger partial charge in [-0.1, -0.05) is 48.5 Å². The molecule has 3 rings (SSSR count). The van der Waals surface area contributed by atoms with E-state index in [1.165, 1.54) is 18.4 Å². The Balaban J connectivity index is 2.20. The molecule has 0 amide bonds. The number of hydrogen-bond acceptors (Lipinski definition) is 4. The number of H-pyrrole nitrogens is 1. The number of aromatic amines is 1. The fourth-order valence-corrected chi connectivity index (χ4v) is 4.62. The van der Waals surface area contributed by atoms with Crippen LogP contribution in [0.1, 0.15) is 0 Å². The van der Waals surface area contributed by atoms with Crippen LogP contribution in [0.3, 0.4) is 0 Å². The third kappa shape index (κ3) is 2.97. The van der Waals surface area contributed by atoms with Crippen molar-refractivity contribution in [2.75, 3.05) is 6.26 Å². The summed E-state index contributed by atoms with van der Waals surface area (Å²) < 4.78 is 37.5. The predicted molar refractivity (Wildman–Crippen MR) is 88.2 cm³/mol. The fourth-order valence-electron chi connectivity index (χ4n) is 2.16. The first kappa shape index (κ1) is 15.6. The number of nitrogens with one attached hydrogen (secondary N) is 1. The second-order valence-electron chi connectivity index (χ2n) is 4.86. The lowest BCUT2D eigenvalue weighted by Crippen LogP contribution is -2.06. The predicted octanol–water partition coefficient (Wildman–Crippen LogP) is 2.65. The van der Waals surface area contributed by atoms with E-state index >= 15 is 0 Å². The monoisotopic (exact) mass is 346 g/mol. The summed E-state index contributed by atoms with van der Waals surface area (Å²) in [4.78, 5) is 7.22. The van der Waals surface area contributed by atoms with E-state index in [1.54, 1.807) is 30.3 Å². The fraction of sp³-hybridized carbons (Fsp3) is 0.0625. The molecular weight excluding hydrogens is 332 g/mol. The molecule has 0 saturated heterocycles. The smallest absolute Gasteiger partial charge is 0.226 e. The summed E-state index contributed by atoms with van der Waals surface area (Å²) in [6.07, 6.45) is 1.42. The molecule has 1 heterocycles. The van der Waals surface area contributed by atoms with Crippen LogP contribution in [-0.2, 0) is 20.6 Å². The number of imidazole rings is 1. The van der Waals surface area contributed by atoms with Gasteiger partial charge in [0.05, 0.1) is 15.7 Å². The average Bonchev–Trinajstić information content (AvgIpc) is 3.03. The maximum absolute atomic E-state index is 12.8. The number of sulfone groups is 1. The van der Waals surface area contributed by atoms with Crippen LogP contribution in [0.25, 0.3) is 11.4 Å². The number of benzene rings is 2. The Kier molecular flexibility index (Phi) is 4.14. The lowest BCUT2D eigenvalue weighted by atomic mass is 10.2. The summed E-state index contributed by atoms with van der Waals surface area (Å²) in [5, 5.41) is -0.0870. The van der Waals surface area contributed by atoms with Crippen molar-refractivity contribution in [3.63, 3.8) is 0 Å². The summed E-state index contributed by atoms with van der Waals surface area (Å²) in [5.74, 6) is 0.380. The summed E-state index contributed by atoms with van der Waals surface area (Å²) in [7, 11) is -5.35. The topological polar surface area (TPSA) is 79.9 Å². The molecule has 0 saturated carbocycles. The van der Waals surface area contributed by atoms with Crippen molar-refractivity contribution in [2.24, 2.45) is 0 Å². The lowest BCUT2D eigenvalue weighted by Gasteiger charge is -2.02. The van der Waals surface area contributed by atoms with Crippen LogP contribution in [0.2, 0.25) is 0 Å². The molecule has 2 aromatic carbocycles. The van der Waals surface area contributed by atoms with Gasteiger partial charge in [0.2, 0.25) is 9.84 Å². The van der Waals surface area contributed by atoms with E-state index < -0.39 is 20.6 Å². The summed E-state index contributed by atoms with van der Waals surface area (Å²) >= 11 is 0. The molecular formula is C16H14N2O3S2. The van der Waals surface area contributed by atoms with Gasteiger partial charge in [0.1, 0.15) is 10.9 Å². The van der Waals surface area contributed by atoms with Gasteiger partial charge in [0, 0.05) is 11.8 Å². The molecule has 23 heavy (non-hydrogen) atoms. The minimum atomic E-state index is -3.84. The van der Waals surface area contributed by atoms with E-state index in [0.717, 1.165) is 5.56 Å². The Morgan fingerprint density at radius 2 is 1.52 bits per heavy atom. The molecule has 0 bridgehead atoms. The highest BCUT2D eigenvalue weighted by Gasteiger charge is 2.27. The quantitative estimate of drug-likeness (QED) is 0.787. The van der Waals surface area contributed by atoms with Gasteiger partial charge in [-0.05, 0) is 12.1 Å². The number of nitrogens with zero attached hydrogens (tertiary/aromatic N) is 1. The summed E-state index contributed by atoms with van der Waals surface area (Å²) in [6, 6.07) is 17.1. The molecule has 0 fully saturated rings. The van der Waals surface area contributed by atoms with Crippen molar-refractivity contribution in [3.8, 4) is 11.4 Å². The van der Waals surface area contributed by atoms with E-state index in [4.69, 9.17) is 0 Å². The normalized spacial score (nSPS) is 12.9. The molecule has 1 atom stereocenters. The van der Waals surface area contributed by atoms with E-state index in [-0.39, 0.29) is 14.9 Å². The molecule has 1 aromatic heterocycles. The van der Waals surface area contributed by atoms with Crippen LogP contribution in [0.15, 0.2) is 75.6 Å². The molecule has 0 aliphatic carbocycles. The van der Waals surface area contributed by atoms with Crippen LogP contribution in [-0.4, -0.2) is 28.9 Å². The summed E-state index contributed by atoms with van der Waals surface area (Å²) in [5.41, 5.74) is 0.730. The van der Waals surface area contributed by atoms with Crippen molar-refractivity contribution >= 4 is 20.6 Å².